The van der Waals surface area contributed by atoms with Gasteiger partial charge in [-0.3, -0.25) is 4.79 Å². The molecule has 2 heterocycles. The Balaban J connectivity index is 1.73. The van der Waals surface area contributed by atoms with Gasteiger partial charge in [-0.1, -0.05) is 43.0 Å². The van der Waals surface area contributed by atoms with E-state index in [1.54, 1.807) is 11.8 Å². The van der Waals surface area contributed by atoms with Crippen LogP contribution in [0.4, 0.5) is 5.82 Å². The third kappa shape index (κ3) is 3.07. The number of fused-ring (bicyclic) bond motifs is 1. The zero-order valence-electron chi connectivity index (χ0n) is 13.4. The Bertz CT molecular complexity index is 737. The van der Waals surface area contributed by atoms with Gasteiger partial charge in [0.25, 0.3) is 0 Å². The maximum atomic E-state index is 12.2. The van der Waals surface area contributed by atoms with Crippen LogP contribution in [0.3, 0.4) is 0 Å². The SMILES string of the molecule is O=C1CS[C@@H](c2ccc(Cl)cc2)c2cnn(C3CCCCC3)c2N1. The molecule has 2 aromatic rings. The summed E-state index contributed by atoms with van der Waals surface area (Å²) in [5, 5.41) is 8.58. The van der Waals surface area contributed by atoms with Gasteiger partial charge < -0.3 is 5.32 Å². The van der Waals surface area contributed by atoms with Gasteiger partial charge in [0, 0.05) is 10.6 Å². The molecule has 1 aliphatic carbocycles. The van der Waals surface area contributed by atoms with E-state index in [4.69, 9.17) is 11.6 Å². The zero-order valence-corrected chi connectivity index (χ0v) is 14.9. The average Bonchev–Trinajstić information content (AvgIpc) is 2.93. The first-order valence-corrected chi connectivity index (χ1v) is 9.89. The molecular weight excluding hydrogens is 342 g/mol. The summed E-state index contributed by atoms with van der Waals surface area (Å²) in [6, 6.07) is 8.29. The van der Waals surface area contributed by atoms with Crippen molar-refractivity contribution in [2.24, 2.45) is 0 Å². The molecule has 0 bridgehead atoms. The molecule has 4 nitrogen and oxygen atoms in total. The number of nitrogens with one attached hydrogen (secondary N) is 1. The van der Waals surface area contributed by atoms with Crippen LogP contribution in [0.5, 0.6) is 0 Å². The number of thioether (sulfide) groups is 1. The van der Waals surface area contributed by atoms with Gasteiger partial charge in [-0.15, -0.1) is 11.8 Å². The van der Waals surface area contributed by atoms with E-state index in [0.29, 0.717) is 11.8 Å². The van der Waals surface area contributed by atoms with Crippen LogP contribution < -0.4 is 5.32 Å². The Hall–Kier alpha value is -1.46. The lowest BCUT2D eigenvalue weighted by Gasteiger charge is -2.24. The van der Waals surface area contributed by atoms with Crippen LogP contribution in [0.15, 0.2) is 30.5 Å². The summed E-state index contributed by atoms with van der Waals surface area (Å²) in [5.74, 6) is 1.39. The van der Waals surface area contributed by atoms with Gasteiger partial charge in [0.2, 0.25) is 5.91 Å². The lowest BCUT2D eigenvalue weighted by Crippen LogP contribution is -2.20. The van der Waals surface area contributed by atoms with Crippen molar-refractivity contribution in [1.82, 2.24) is 9.78 Å². The molecule has 2 aliphatic rings. The Morgan fingerprint density at radius 3 is 2.67 bits per heavy atom. The monoisotopic (exact) mass is 361 g/mol. The van der Waals surface area contributed by atoms with E-state index >= 15 is 0 Å². The third-order valence-corrected chi connectivity index (χ3v) is 6.38. The second-order valence-electron chi connectivity index (χ2n) is 6.48. The second kappa shape index (κ2) is 6.81. The number of halogens is 1. The van der Waals surface area contributed by atoms with Crippen LogP contribution in [0.2, 0.25) is 5.02 Å². The van der Waals surface area contributed by atoms with Crippen LogP contribution in [-0.4, -0.2) is 21.4 Å². The van der Waals surface area contributed by atoms with Gasteiger partial charge in [0.1, 0.15) is 5.82 Å². The highest BCUT2D eigenvalue weighted by Gasteiger charge is 2.30. The minimum Gasteiger partial charge on any atom is -0.310 e. The van der Waals surface area contributed by atoms with Crippen molar-refractivity contribution in [3.8, 4) is 0 Å². The number of anilines is 1. The van der Waals surface area contributed by atoms with Crippen molar-refractivity contribution in [3.63, 3.8) is 0 Å². The highest BCUT2D eigenvalue weighted by Crippen LogP contribution is 2.43. The molecule has 1 amide bonds. The second-order valence-corrected chi connectivity index (χ2v) is 8.01. The molecule has 1 aromatic carbocycles. The predicted molar refractivity (Wildman–Crippen MR) is 98.7 cm³/mol. The molecule has 1 fully saturated rings. The minimum atomic E-state index is 0.0512. The van der Waals surface area contributed by atoms with Gasteiger partial charge in [0.15, 0.2) is 0 Å². The smallest absolute Gasteiger partial charge is 0.235 e. The topological polar surface area (TPSA) is 46.9 Å². The first kappa shape index (κ1) is 16.0. The lowest BCUT2D eigenvalue weighted by atomic mass is 9.95. The Labute approximate surface area is 151 Å². The minimum absolute atomic E-state index is 0.0512. The molecule has 0 radical (unpaired) electrons. The summed E-state index contributed by atoms with van der Waals surface area (Å²) < 4.78 is 2.06. The number of carbonyl (C=O) groups excluding carboxylic acids is 1. The van der Waals surface area contributed by atoms with Crippen molar-refractivity contribution < 1.29 is 4.79 Å². The van der Waals surface area contributed by atoms with Gasteiger partial charge in [-0.2, -0.15) is 5.10 Å². The first-order valence-electron chi connectivity index (χ1n) is 8.46. The Morgan fingerprint density at radius 2 is 1.92 bits per heavy atom. The van der Waals surface area contributed by atoms with Crippen LogP contribution in [0.1, 0.15) is 54.5 Å². The number of hydrogen-bond acceptors (Lipinski definition) is 3. The van der Waals surface area contributed by atoms with E-state index in [-0.39, 0.29) is 11.2 Å². The fraction of sp³-hybridized carbons (Fsp3) is 0.444. The van der Waals surface area contributed by atoms with Crippen LogP contribution in [0, 0.1) is 0 Å². The maximum absolute atomic E-state index is 12.2. The number of nitrogens with zero attached hydrogens (tertiary/aromatic N) is 2. The van der Waals surface area contributed by atoms with E-state index in [0.717, 1.165) is 34.8 Å². The van der Waals surface area contributed by atoms with Crippen molar-refractivity contribution in [1.29, 1.82) is 0 Å². The predicted octanol–water partition coefficient (Wildman–Crippen LogP) is 4.82. The van der Waals surface area contributed by atoms with E-state index < -0.39 is 0 Å². The van der Waals surface area contributed by atoms with E-state index in [1.165, 1.54) is 19.3 Å². The van der Waals surface area contributed by atoms with Crippen LogP contribution >= 0.6 is 23.4 Å². The molecule has 24 heavy (non-hydrogen) atoms. The maximum Gasteiger partial charge on any atom is 0.235 e. The van der Waals surface area contributed by atoms with Crippen molar-refractivity contribution in [2.75, 3.05) is 11.1 Å². The number of carbonyl (C=O) groups is 1. The van der Waals surface area contributed by atoms with Crippen molar-refractivity contribution in [3.05, 3.63) is 46.6 Å². The summed E-state index contributed by atoms with van der Waals surface area (Å²) in [6.07, 6.45) is 7.99. The quantitative estimate of drug-likeness (QED) is 0.834. The number of amides is 1. The largest absolute Gasteiger partial charge is 0.310 e. The summed E-state index contributed by atoms with van der Waals surface area (Å²) in [4.78, 5) is 12.2. The molecule has 0 saturated heterocycles. The van der Waals surface area contributed by atoms with Gasteiger partial charge in [-0.25, -0.2) is 4.68 Å². The van der Waals surface area contributed by atoms with Crippen LogP contribution in [-0.2, 0) is 4.79 Å². The molecule has 6 heteroatoms. The molecule has 1 atom stereocenters. The highest BCUT2D eigenvalue weighted by molar-refractivity contribution is 8.00. The van der Waals surface area contributed by atoms with Crippen molar-refractivity contribution in [2.45, 2.75) is 43.4 Å². The molecule has 1 N–H and O–H groups in total. The number of hydrogen-bond donors (Lipinski definition) is 1. The lowest BCUT2D eigenvalue weighted by molar-refractivity contribution is -0.113. The summed E-state index contributed by atoms with van der Waals surface area (Å²) in [6.45, 7) is 0. The summed E-state index contributed by atoms with van der Waals surface area (Å²) >= 11 is 7.67. The third-order valence-electron chi connectivity index (χ3n) is 4.84. The molecule has 4 rings (SSSR count). The van der Waals surface area contributed by atoms with Gasteiger partial charge in [-0.05, 0) is 30.5 Å². The van der Waals surface area contributed by atoms with Gasteiger partial charge >= 0.3 is 0 Å². The van der Waals surface area contributed by atoms with E-state index in [1.807, 2.05) is 30.5 Å². The normalized spacial score (nSPS) is 21.9. The fourth-order valence-electron chi connectivity index (χ4n) is 3.63. The molecule has 0 spiro atoms. The zero-order chi connectivity index (χ0) is 16.5. The molecule has 1 aliphatic heterocycles. The van der Waals surface area contributed by atoms with Gasteiger partial charge in [0.05, 0.1) is 23.2 Å². The molecular formula is C18H20ClN3OS. The molecule has 126 valence electrons. The average molecular weight is 362 g/mol. The molecule has 1 saturated carbocycles. The highest BCUT2D eigenvalue weighted by atomic mass is 35.5. The Morgan fingerprint density at radius 1 is 1.17 bits per heavy atom. The van der Waals surface area contributed by atoms with Crippen molar-refractivity contribution >= 4 is 35.1 Å². The number of aromatic nitrogens is 2. The molecule has 1 aromatic heterocycles. The molecule has 0 unspecified atom stereocenters. The van der Waals surface area contributed by atoms with E-state index in [2.05, 4.69) is 15.1 Å². The fourth-order valence-corrected chi connectivity index (χ4v) is 4.85. The standard InChI is InChI=1S/C18H20ClN3OS/c19-13-8-6-12(7-9-13)17-15-10-20-22(14-4-2-1-3-5-14)18(15)21-16(23)11-24-17/h6-10,14,17H,1-5,11H2,(H,21,23)/t17-/m0/s1. The first-order chi connectivity index (χ1) is 11.7. The summed E-state index contributed by atoms with van der Waals surface area (Å²) in [7, 11) is 0. The summed E-state index contributed by atoms with van der Waals surface area (Å²) in [5.41, 5.74) is 2.25. The Kier molecular flexibility index (Phi) is 4.55. The number of benzene rings is 1. The van der Waals surface area contributed by atoms with Crippen LogP contribution in [0.25, 0.3) is 0 Å². The van der Waals surface area contributed by atoms with E-state index in [9.17, 15) is 4.79 Å². The number of rotatable bonds is 2.